The highest BCUT2D eigenvalue weighted by atomic mass is 32.2. The molecular formula is C18H26N4O3S2. The highest BCUT2D eigenvalue weighted by Crippen LogP contribution is 2.21. The first-order valence-electron chi connectivity index (χ1n) is 8.65. The Morgan fingerprint density at radius 2 is 2.00 bits per heavy atom. The van der Waals surface area contributed by atoms with Crippen molar-refractivity contribution in [2.24, 2.45) is 10.1 Å². The Morgan fingerprint density at radius 1 is 1.26 bits per heavy atom. The van der Waals surface area contributed by atoms with Crippen molar-refractivity contribution in [3.63, 3.8) is 0 Å². The number of rotatable bonds is 8. The quantitative estimate of drug-likeness (QED) is 0.457. The molecule has 0 aliphatic rings. The molecule has 1 atom stereocenters. The average Bonchev–Trinajstić information content (AvgIpc) is 3.09. The zero-order valence-electron chi connectivity index (χ0n) is 15.7. The van der Waals surface area contributed by atoms with Crippen LogP contribution in [0.15, 0.2) is 45.6 Å². The number of para-hydroxylation sites is 1. The number of nitrogens with one attached hydrogen (secondary N) is 2. The van der Waals surface area contributed by atoms with Crippen molar-refractivity contribution in [3.05, 3.63) is 46.8 Å². The number of aryl methyl sites for hydroxylation is 1. The molecule has 9 heteroatoms. The standard InChI is InChI=1S/C18H26N4O3S2/c1-4-20-18(22-12-15-9-10-17(26-15)27(19,23)24)21-11-14(3)25-16-8-6-5-7-13(16)2/h5-10,14H,4,11-12H2,1-3H3,(H2,19,23,24)(H2,20,21,22). The van der Waals surface area contributed by atoms with Crippen LogP contribution >= 0.6 is 11.3 Å². The normalized spacial score (nSPS) is 13.3. The monoisotopic (exact) mass is 410 g/mol. The summed E-state index contributed by atoms with van der Waals surface area (Å²) in [6, 6.07) is 11.1. The van der Waals surface area contributed by atoms with Gasteiger partial charge < -0.3 is 15.4 Å². The van der Waals surface area contributed by atoms with Crippen molar-refractivity contribution in [2.75, 3.05) is 13.1 Å². The molecule has 1 aromatic heterocycles. The summed E-state index contributed by atoms with van der Waals surface area (Å²) < 4.78 is 28.8. The van der Waals surface area contributed by atoms with E-state index in [9.17, 15) is 8.42 Å². The minimum absolute atomic E-state index is 0.0503. The lowest BCUT2D eigenvalue weighted by Gasteiger charge is -2.18. The van der Waals surface area contributed by atoms with E-state index >= 15 is 0 Å². The number of sulfonamides is 1. The fourth-order valence-electron chi connectivity index (χ4n) is 2.28. The van der Waals surface area contributed by atoms with Gasteiger partial charge in [-0.3, -0.25) is 0 Å². The van der Waals surface area contributed by atoms with E-state index in [1.54, 1.807) is 6.07 Å². The number of thiophene rings is 1. The Hall–Kier alpha value is -2.10. The van der Waals surface area contributed by atoms with Gasteiger partial charge in [0, 0.05) is 11.4 Å². The molecule has 0 fully saturated rings. The van der Waals surface area contributed by atoms with E-state index in [0.29, 0.717) is 25.6 Å². The maximum atomic E-state index is 11.4. The number of hydrogen-bond donors (Lipinski definition) is 3. The predicted octanol–water partition coefficient (Wildman–Crippen LogP) is 2.23. The first kappa shape index (κ1) is 21.2. The molecule has 2 rings (SSSR count). The van der Waals surface area contributed by atoms with E-state index < -0.39 is 10.0 Å². The summed E-state index contributed by atoms with van der Waals surface area (Å²) in [5.41, 5.74) is 1.09. The number of guanidine groups is 1. The van der Waals surface area contributed by atoms with Gasteiger partial charge in [-0.2, -0.15) is 0 Å². The average molecular weight is 411 g/mol. The second kappa shape index (κ2) is 9.72. The zero-order chi connectivity index (χ0) is 19.9. The summed E-state index contributed by atoms with van der Waals surface area (Å²) in [6.07, 6.45) is -0.0503. The van der Waals surface area contributed by atoms with E-state index in [1.165, 1.54) is 6.07 Å². The molecule has 1 heterocycles. The molecule has 0 aliphatic carbocycles. The first-order chi connectivity index (χ1) is 12.8. The lowest BCUT2D eigenvalue weighted by Crippen LogP contribution is -2.41. The number of nitrogens with zero attached hydrogens (tertiary/aromatic N) is 1. The van der Waals surface area contributed by atoms with Gasteiger partial charge in [-0.05, 0) is 44.5 Å². The highest BCUT2D eigenvalue weighted by Gasteiger charge is 2.11. The molecule has 0 saturated heterocycles. The molecule has 0 saturated carbocycles. The molecule has 4 N–H and O–H groups in total. The zero-order valence-corrected chi connectivity index (χ0v) is 17.4. The lowest BCUT2D eigenvalue weighted by atomic mass is 10.2. The second-order valence-electron chi connectivity index (χ2n) is 6.04. The van der Waals surface area contributed by atoms with Gasteiger partial charge in [0.05, 0.1) is 13.1 Å². The Morgan fingerprint density at radius 3 is 2.63 bits per heavy atom. The summed E-state index contributed by atoms with van der Waals surface area (Å²) in [5.74, 6) is 1.51. The molecule has 7 nitrogen and oxygen atoms in total. The Kier molecular flexibility index (Phi) is 7.64. The highest BCUT2D eigenvalue weighted by molar-refractivity contribution is 7.91. The SMILES string of the molecule is CCNC(=NCc1ccc(S(N)(=O)=O)s1)NCC(C)Oc1ccccc1C. The Balaban J connectivity index is 1.93. The third-order valence-electron chi connectivity index (χ3n) is 3.63. The van der Waals surface area contributed by atoms with Crippen molar-refractivity contribution >= 4 is 27.3 Å². The molecule has 1 unspecified atom stereocenters. The minimum Gasteiger partial charge on any atom is -0.489 e. The number of hydrogen-bond acceptors (Lipinski definition) is 5. The Labute approximate surface area is 164 Å². The van der Waals surface area contributed by atoms with Crippen LogP contribution in [-0.4, -0.2) is 33.6 Å². The number of benzene rings is 1. The molecule has 1 aromatic carbocycles. The predicted molar refractivity (Wildman–Crippen MR) is 110 cm³/mol. The number of nitrogens with two attached hydrogens (primary N) is 1. The molecule has 0 radical (unpaired) electrons. The van der Waals surface area contributed by atoms with Crippen LogP contribution in [-0.2, 0) is 16.6 Å². The van der Waals surface area contributed by atoms with Crippen LogP contribution in [0.4, 0.5) is 0 Å². The van der Waals surface area contributed by atoms with Crippen LogP contribution in [0.2, 0.25) is 0 Å². The van der Waals surface area contributed by atoms with Crippen LogP contribution in [0.25, 0.3) is 0 Å². The molecular weight excluding hydrogens is 384 g/mol. The fraction of sp³-hybridized carbons (Fsp3) is 0.389. The van der Waals surface area contributed by atoms with Crippen molar-refractivity contribution in [3.8, 4) is 5.75 Å². The summed E-state index contributed by atoms with van der Waals surface area (Å²) in [4.78, 5) is 5.31. The van der Waals surface area contributed by atoms with Gasteiger partial charge >= 0.3 is 0 Å². The number of aliphatic imine (C=N–C) groups is 1. The van der Waals surface area contributed by atoms with Gasteiger partial charge in [-0.1, -0.05) is 18.2 Å². The van der Waals surface area contributed by atoms with Gasteiger partial charge in [-0.15, -0.1) is 11.3 Å². The van der Waals surface area contributed by atoms with Crippen LogP contribution in [0.1, 0.15) is 24.3 Å². The van der Waals surface area contributed by atoms with E-state index in [1.807, 2.05) is 45.0 Å². The topological polar surface area (TPSA) is 106 Å². The smallest absolute Gasteiger partial charge is 0.247 e. The molecule has 27 heavy (non-hydrogen) atoms. The first-order valence-corrected chi connectivity index (χ1v) is 11.0. The van der Waals surface area contributed by atoms with Crippen LogP contribution in [0.5, 0.6) is 5.75 Å². The third-order valence-corrected chi connectivity index (χ3v) is 6.14. The van der Waals surface area contributed by atoms with Crippen LogP contribution in [0, 0.1) is 6.92 Å². The molecule has 148 valence electrons. The summed E-state index contributed by atoms with van der Waals surface area (Å²) in [7, 11) is -3.66. The molecule has 0 bridgehead atoms. The van der Waals surface area contributed by atoms with E-state index in [2.05, 4.69) is 15.6 Å². The van der Waals surface area contributed by atoms with Gasteiger partial charge in [-0.25, -0.2) is 18.5 Å². The maximum Gasteiger partial charge on any atom is 0.247 e. The second-order valence-corrected chi connectivity index (χ2v) is 8.99. The summed E-state index contributed by atoms with van der Waals surface area (Å²) >= 11 is 1.13. The Bertz CT molecular complexity index is 878. The van der Waals surface area contributed by atoms with Gasteiger partial charge in [0.15, 0.2) is 5.96 Å². The maximum absolute atomic E-state index is 11.4. The largest absolute Gasteiger partial charge is 0.489 e. The summed E-state index contributed by atoms with van der Waals surface area (Å²) in [5, 5.41) is 11.5. The van der Waals surface area contributed by atoms with E-state index in [-0.39, 0.29) is 10.3 Å². The molecule has 0 aliphatic heterocycles. The number of primary sulfonamides is 1. The third kappa shape index (κ3) is 6.85. The van der Waals surface area contributed by atoms with E-state index in [4.69, 9.17) is 9.88 Å². The lowest BCUT2D eigenvalue weighted by molar-refractivity contribution is 0.222. The van der Waals surface area contributed by atoms with Crippen molar-refractivity contribution in [2.45, 2.75) is 37.6 Å². The molecule has 2 aromatic rings. The summed E-state index contributed by atoms with van der Waals surface area (Å²) in [6.45, 7) is 7.63. The van der Waals surface area contributed by atoms with Gasteiger partial charge in [0.1, 0.15) is 16.1 Å². The van der Waals surface area contributed by atoms with Crippen molar-refractivity contribution < 1.29 is 13.2 Å². The van der Waals surface area contributed by atoms with Crippen molar-refractivity contribution in [1.29, 1.82) is 0 Å². The van der Waals surface area contributed by atoms with Crippen molar-refractivity contribution in [1.82, 2.24) is 10.6 Å². The molecule has 0 spiro atoms. The van der Waals surface area contributed by atoms with Gasteiger partial charge in [0.2, 0.25) is 10.0 Å². The van der Waals surface area contributed by atoms with Crippen LogP contribution in [0.3, 0.4) is 0 Å². The molecule has 0 amide bonds. The minimum atomic E-state index is -3.66. The van der Waals surface area contributed by atoms with E-state index in [0.717, 1.165) is 27.5 Å². The van der Waals surface area contributed by atoms with Gasteiger partial charge in [0.25, 0.3) is 0 Å². The fourth-order valence-corrected chi connectivity index (χ4v) is 3.99. The number of ether oxygens (including phenoxy) is 1. The van der Waals surface area contributed by atoms with Crippen LogP contribution < -0.4 is 20.5 Å².